The van der Waals surface area contributed by atoms with E-state index in [4.69, 9.17) is 4.42 Å². The Bertz CT molecular complexity index is 739. The molecule has 0 fully saturated rings. The van der Waals surface area contributed by atoms with Crippen LogP contribution in [-0.2, 0) is 0 Å². The zero-order valence-electron chi connectivity index (χ0n) is 12.8. The maximum atomic E-state index is 13.5. The Morgan fingerprint density at radius 1 is 1.32 bits per heavy atom. The summed E-state index contributed by atoms with van der Waals surface area (Å²) in [4.78, 5) is 13.6. The van der Waals surface area contributed by atoms with Crippen LogP contribution >= 0.6 is 11.8 Å². The number of hydrogen-bond donors (Lipinski definition) is 1. The Hall–Kier alpha value is -1.75. The van der Waals surface area contributed by atoms with Crippen molar-refractivity contribution >= 4 is 17.7 Å². The van der Waals surface area contributed by atoms with Crippen LogP contribution in [0.1, 0.15) is 45.5 Å². The first-order valence-electron chi connectivity index (χ1n) is 7.27. The highest BCUT2D eigenvalue weighted by atomic mass is 32.2. The van der Waals surface area contributed by atoms with Crippen molar-refractivity contribution < 1.29 is 13.6 Å². The molecular weight excluding hydrogens is 301 g/mol. The molecule has 0 saturated carbocycles. The van der Waals surface area contributed by atoms with Crippen molar-refractivity contribution in [2.24, 2.45) is 0 Å². The van der Waals surface area contributed by atoms with E-state index in [0.717, 1.165) is 34.0 Å². The highest BCUT2D eigenvalue weighted by Gasteiger charge is 2.26. The van der Waals surface area contributed by atoms with Gasteiger partial charge in [0, 0.05) is 16.2 Å². The third-order valence-electron chi connectivity index (χ3n) is 4.11. The minimum absolute atomic E-state index is 0.154. The number of thioether (sulfide) groups is 1. The van der Waals surface area contributed by atoms with E-state index in [1.54, 1.807) is 24.8 Å². The van der Waals surface area contributed by atoms with Crippen LogP contribution in [0, 0.1) is 26.6 Å². The molecule has 5 heteroatoms. The number of aryl methyl sites for hydroxylation is 2. The van der Waals surface area contributed by atoms with Crippen molar-refractivity contribution in [3.05, 3.63) is 52.2 Å². The van der Waals surface area contributed by atoms with Crippen LogP contribution in [0.5, 0.6) is 0 Å². The standard InChI is InChI=1S/C17H18FNO2S/c1-9-10(2)21-11(3)16(9)17(20)19-14-6-7-22-15-5-4-12(18)8-13(14)15/h4-5,8,14H,6-7H2,1-3H3,(H,19,20). The second-order valence-electron chi connectivity index (χ2n) is 5.56. The van der Waals surface area contributed by atoms with E-state index in [1.165, 1.54) is 12.1 Å². The Morgan fingerprint density at radius 3 is 2.77 bits per heavy atom. The smallest absolute Gasteiger partial charge is 0.255 e. The van der Waals surface area contributed by atoms with Crippen LogP contribution < -0.4 is 5.32 Å². The van der Waals surface area contributed by atoms with E-state index in [9.17, 15) is 9.18 Å². The van der Waals surface area contributed by atoms with Gasteiger partial charge < -0.3 is 9.73 Å². The third kappa shape index (κ3) is 2.65. The number of amides is 1. The van der Waals surface area contributed by atoms with E-state index in [-0.39, 0.29) is 17.8 Å². The molecule has 1 aliphatic rings. The highest BCUT2D eigenvalue weighted by molar-refractivity contribution is 7.99. The number of carbonyl (C=O) groups excluding carboxylic acids is 1. The summed E-state index contributed by atoms with van der Waals surface area (Å²) in [6, 6.07) is 4.61. The molecule has 0 aliphatic carbocycles. The van der Waals surface area contributed by atoms with Gasteiger partial charge in [-0.3, -0.25) is 4.79 Å². The van der Waals surface area contributed by atoms with Gasteiger partial charge in [-0.1, -0.05) is 0 Å². The summed E-state index contributed by atoms with van der Waals surface area (Å²) in [6.45, 7) is 5.52. The molecule has 3 rings (SSSR count). The van der Waals surface area contributed by atoms with E-state index in [2.05, 4.69) is 5.32 Å². The zero-order chi connectivity index (χ0) is 15.9. The van der Waals surface area contributed by atoms with Gasteiger partial charge in [0.15, 0.2) is 0 Å². The number of hydrogen-bond acceptors (Lipinski definition) is 3. The van der Waals surface area contributed by atoms with Gasteiger partial charge in [-0.2, -0.15) is 0 Å². The number of carbonyl (C=O) groups is 1. The van der Waals surface area contributed by atoms with Crippen LogP contribution in [0.3, 0.4) is 0 Å². The molecule has 1 N–H and O–H groups in total. The fourth-order valence-electron chi connectivity index (χ4n) is 2.87. The molecule has 1 unspecified atom stereocenters. The van der Waals surface area contributed by atoms with Crippen LogP contribution in [0.25, 0.3) is 0 Å². The van der Waals surface area contributed by atoms with Gasteiger partial charge in [-0.15, -0.1) is 11.8 Å². The Labute approximate surface area is 133 Å². The summed E-state index contributed by atoms with van der Waals surface area (Å²) < 4.78 is 19.0. The van der Waals surface area contributed by atoms with Crippen molar-refractivity contribution in [2.45, 2.75) is 38.1 Å². The normalized spacial score (nSPS) is 17.2. The molecule has 0 spiro atoms. The molecule has 0 bridgehead atoms. The number of nitrogens with one attached hydrogen (secondary N) is 1. The van der Waals surface area contributed by atoms with Gasteiger partial charge >= 0.3 is 0 Å². The molecule has 1 aromatic carbocycles. The Morgan fingerprint density at radius 2 is 2.09 bits per heavy atom. The summed E-state index contributed by atoms with van der Waals surface area (Å²) >= 11 is 1.70. The Kier molecular flexibility index (Phi) is 4.00. The molecule has 2 aromatic rings. The van der Waals surface area contributed by atoms with Crippen LogP contribution in [-0.4, -0.2) is 11.7 Å². The first kappa shape index (κ1) is 15.2. The molecule has 116 valence electrons. The average Bonchev–Trinajstić information content (AvgIpc) is 2.72. The molecule has 2 heterocycles. The Balaban J connectivity index is 1.88. The number of furan rings is 1. The maximum Gasteiger partial charge on any atom is 0.255 e. The molecule has 1 atom stereocenters. The van der Waals surface area contributed by atoms with Gasteiger partial charge in [-0.25, -0.2) is 4.39 Å². The van der Waals surface area contributed by atoms with Crippen molar-refractivity contribution in [1.82, 2.24) is 5.32 Å². The van der Waals surface area contributed by atoms with Crippen LogP contribution in [0.4, 0.5) is 4.39 Å². The molecule has 1 aliphatic heterocycles. The monoisotopic (exact) mass is 319 g/mol. The van der Waals surface area contributed by atoms with Crippen LogP contribution in [0.15, 0.2) is 27.5 Å². The molecule has 1 amide bonds. The minimum Gasteiger partial charge on any atom is -0.466 e. The summed E-state index contributed by atoms with van der Waals surface area (Å²) in [6.07, 6.45) is 0.793. The van der Waals surface area contributed by atoms with Crippen molar-refractivity contribution in [3.8, 4) is 0 Å². The van der Waals surface area contributed by atoms with Gasteiger partial charge in [-0.05, 0) is 51.0 Å². The summed E-state index contributed by atoms with van der Waals surface area (Å²) in [7, 11) is 0. The number of halogens is 1. The lowest BCUT2D eigenvalue weighted by Crippen LogP contribution is -2.31. The first-order valence-corrected chi connectivity index (χ1v) is 8.25. The average molecular weight is 319 g/mol. The molecule has 0 radical (unpaired) electrons. The van der Waals surface area contributed by atoms with Crippen LogP contribution in [0.2, 0.25) is 0 Å². The number of benzene rings is 1. The SMILES string of the molecule is Cc1oc(C)c(C(=O)NC2CCSc3ccc(F)cc32)c1C. The van der Waals surface area contributed by atoms with E-state index >= 15 is 0 Å². The predicted molar refractivity (Wildman–Crippen MR) is 84.9 cm³/mol. The van der Waals surface area contributed by atoms with Crippen molar-refractivity contribution in [3.63, 3.8) is 0 Å². The van der Waals surface area contributed by atoms with Gasteiger partial charge in [0.1, 0.15) is 17.3 Å². The van der Waals surface area contributed by atoms with Gasteiger partial charge in [0.2, 0.25) is 0 Å². The third-order valence-corrected chi connectivity index (χ3v) is 5.23. The van der Waals surface area contributed by atoms with Gasteiger partial charge in [0.25, 0.3) is 5.91 Å². The lowest BCUT2D eigenvalue weighted by Gasteiger charge is -2.26. The van der Waals surface area contributed by atoms with Crippen molar-refractivity contribution in [2.75, 3.05) is 5.75 Å². The number of fused-ring (bicyclic) bond motifs is 1. The van der Waals surface area contributed by atoms with Crippen molar-refractivity contribution in [1.29, 1.82) is 0 Å². The predicted octanol–water partition coefficient (Wildman–Crippen LogP) is 4.31. The lowest BCUT2D eigenvalue weighted by atomic mass is 10.0. The summed E-state index contributed by atoms with van der Waals surface area (Å²) in [5.74, 6) is 1.86. The first-order chi connectivity index (χ1) is 10.5. The molecule has 3 nitrogen and oxygen atoms in total. The molecule has 22 heavy (non-hydrogen) atoms. The van der Waals surface area contributed by atoms with E-state index < -0.39 is 0 Å². The number of rotatable bonds is 2. The topological polar surface area (TPSA) is 42.2 Å². The second-order valence-corrected chi connectivity index (χ2v) is 6.70. The maximum absolute atomic E-state index is 13.5. The quantitative estimate of drug-likeness (QED) is 0.897. The lowest BCUT2D eigenvalue weighted by molar-refractivity contribution is 0.0933. The molecule has 1 aromatic heterocycles. The largest absolute Gasteiger partial charge is 0.466 e. The highest BCUT2D eigenvalue weighted by Crippen LogP contribution is 2.36. The second kappa shape index (κ2) is 5.80. The summed E-state index contributed by atoms with van der Waals surface area (Å²) in [5, 5.41) is 3.03. The molecular formula is C17H18FNO2S. The van der Waals surface area contributed by atoms with E-state index in [1.807, 2.05) is 13.8 Å². The fraction of sp³-hybridized carbons (Fsp3) is 0.353. The summed E-state index contributed by atoms with van der Waals surface area (Å²) in [5.41, 5.74) is 2.31. The van der Waals surface area contributed by atoms with E-state index in [0.29, 0.717) is 11.3 Å². The minimum atomic E-state index is -0.271. The molecule has 0 saturated heterocycles. The fourth-order valence-corrected chi connectivity index (χ4v) is 3.98. The zero-order valence-corrected chi connectivity index (χ0v) is 13.6. The van der Waals surface area contributed by atoms with Gasteiger partial charge in [0.05, 0.1) is 11.6 Å².